The first-order valence-corrected chi connectivity index (χ1v) is 3.38. The second-order valence-corrected chi connectivity index (χ2v) is 2.43. The highest BCUT2D eigenvalue weighted by Gasteiger charge is 2.19. The predicted octanol–water partition coefficient (Wildman–Crippen LogP) is 0.285. The van der Waals surface area contributed by atoms with Crippen molar-refractivity contribution >= 4 is 0 Å². The molecular weight excluding hydrogens is 114 g/mol. The Morgan fingerprint density at radius 2 is 2.56 bits per heavy atom. The zero-order valence-electron chi connectivity index (χ0n) is 5.51. The lowest BCUT2D eigenvalue weighted by molar-refractivity contribution is 0.182. The summed E-state index contributed by atoms with van der Waals surface area (Å²) >= 11 is 0. The van der Waals surface area contributed by atoms with Gasteiger partial charge in [0.1, 0.15) is 0 Å². The van der Waals surface area contributed by atoms with E-state index in [0.29, 0.717) is 0 Å². The summed E-state index contributed by atoms with van der Waals surface area (Å²) in [7, 11) is 0. The molecule has 0 spiro atoms. The van der Waals surface area contributed by atoms with Crippen LogP contribution in [0, 0.1) is 0 Å². The second kappa shape index (κ2) is 2.99. The molecule has 2 N–H and O–H groups in total. The zero-order valence-corrected chi connectivity index (χ0v) is 5.51. The molecular formula is C7H13NO. The number of hydrogen-bond donors (Lipinski definition) is 2. The molecule has 2 nitrogen and oxygen atoms in total. The van der Waals surface area contributed by atoms with Gasteiger partial charge in [-0.15, -0.1) is 6.58 Å². The van der Waals surface area contributed by atoms with Crippen LogP contribution in [0.3, 0.4) is 0 Å². The zero-order chi connectivity index (χ0) is 6.69. The van der Waals surface area contributed by atoms with Gasteiger partial charge in [-0.25, -0.2) is 0 Å². The predicted molar refractivity (Wildman–Crippen MR) is 37.2 cm³/mol. The van der Waals surface area contributed by atoms with Crippen molar-refractivity contribution in [3.8, 4) is 0 Å². The van der Waals surface area contributed by atoms with E-state index in [4.69, 9.17) is 0 Å². The van der Waals surface area contributed by atoms with E-state index in [9.17, 15) is 5.11 Å². The fourth-order valence-electron chi connectivity index (χ4n) is 1.17. The molecule has 0 amide bonds. The maximum absolute atomic E-state index is 9.18. The lowest BCUT2D eigenvalue weighted by Crippen LogP contribution is -2.32. The van der Waals surface area contributed by atoms with E-state index in [-0.39, 0.29) is 12.1 Å². The summed E-state index contributed by atoms with van der Waals surface area (Å²) in [5, 5.41) is 12.4. The number of rotatable bonds is 2. The average molecular weight is 127 g/mol. The van der Waals surface area contributed by atoms with Crippen LogP contribution in [0.25, 0.3) is 0 Å². The first-order chi connectivity index (χ1) is 4.34. The first kappa shape index (κ1) is 6.78. The minimum atomic E-state index is -0.354. The summed E-state index contributed by atoms with van der Waals surface area (Å²) < 4.78 is 0. The van der Waals surface area contributed by atoms with Gasteiger partial charge in [-0.1, -0.05) is 6.08 Å². The Morgan fingerprint density at radius 3 is 3.00 bits per heavy atom. The largest absolute Gasteiger partial charge is 0.387 e. The van der Waals surface area contributed by atoms with Crippen LogP contribution in [-0.4, -0.2) is 23.8 Å². The average Bonchev–Trinajstić information content (AvgIpc) is 2.37. The summed E-state index contributed by atoms with van der Waals surface area (Å²) in [6.45, 7) is 4.55. The third kappa shape index (κ3) is 1.53. The highest BCUT2D eigenvalue weighted by atomic mass is 16.3. The normalized spacial score (nSPS) is 30.1. The van der Waals surface area contributed by atoms with Crippen LogP contribution in [0.15, 0.2) is 12.7 Å². The third-order valence-corrected chi connectivity index (χ3v) is 1.75. The van der Waals surface area contributed by atoms with Crippen LogP contribution < -0.4 is 5.32 Å². The van der Waals surface area contributed by atoms with E-state index in [1.807, 2.05) is 0 Å². The molecule has 1 saturated heterocycles. The quantitative estimate of drug-likeness (QED) is 0.522. The van der Waals surface area contributed by atoms with Gasteiger partial charge in [-0.05, 0) is 19.4 Å². The molecule has 52 valence electrons. The number of aliphatic hydroxyl groups excluding tert-OH is 1. The van der Waals surface area contributed by atoms with Crippen molar-refractivity contribution in [2.45, 2.75) is 25.0 Å². The Morgan fingerprint density at radius 1 is 1.78 bits per heavy atom. The Kier molecular flexibility index (Phi) is 2.25. The van der Waals surface area contributed by atoms with E-state index in [1.165, 1.54) is 6.42 Å². The van der Waals surface area contributed by atoms with Crippen molar-refractivity contribution < 1.29 is 5.11 Å². The van der Waals surface area contributed by atoms with E-state index >= 15 is 0 Å². The maximum Gasteiger partial charge on any atom is 0.0871 e. The Bertz CT molecular complexity index is 97.1. The molecule has 0 aliphatic carbocycles. The van der Waals surface area contributed by atoms with Crippen LogP contribution in [-0.2, 0) is 0 Å². The van der Waals surface area contributed by atoms with Crippen LogP contribution in [0.5, 0.6) is 0 Å². The first-order valence-electron chi connectivity index (χ1n) is 3.38. The fraction of sp³-hybridized carbons (Fsp3) is 0.714. The molecule has 0 aromatic rings. The van der Waals surface area contributed by atoms with Gasteiger partial charge in [0.2, 0.25) is 0 Å². The topological polar surface area (TPSA) is 32.3 Å². The van der Waals surface area contributed by atoms with Gasteiger partial charge in [-0.3, -0.25) is 0 Å². The lowest BCUT2D eigenvalue weighted by Gasteiger charge is -2.12. The summed E-state index contributed by atoms with van der Waals surface area (Å²) in [4.78, 5) is 0. The van der Waals surface area contributed by atoms with Gasteiger partial charge in [-0.2, -0.15) is 0 Å². The number of hydrogen-bond acceptors (Lipinski definition) is 2. The van der Waals surface area contributed by atoms with Crippen molar-refractivity contribution in [1.29, 1.82) is 0 Å². The Balaban J connectivity index is 2.32. The van der Waals surface area contributed by atoms with Crippen LogP contribution in [0.1, 0.15) is 12.8 Å². The highest BCUT2D eigenvalue weighted by Crippen LogP contribution is 2.08. The third-order valence-electron chi connectivity index (χ3n) is 1.75. The van der Waals surface area contributed by atoms with Crippen LogP contribution in [0.4, 0.5) is 0 Å². The molecule has 9 heavy (non-hydrogen) atoms. The van der Waals surface area contributed by atoms with Crippen molar-refractivity contribution in [2.75, 3.05) is 6.54 Å². The lowest BCUT2D eigenvalue weighted by atomic mass is 10.1. The van der Waals surface area contributed by atoms with Gasteiger partial charge in [0.15, 0.2) is 0 Å². The van der Waals surface area contributed by atoms with Gasteiger partial charge in [0.25, 0.3) is 0 Å². The molecule has 2 atom stereocenters. The monoisotopic (exact) mass is 127 g/mol. The highest BCUT2D eigenvalue weighted by molar-refractivity contribution is 4.91. The minimum Gasteiger partial charge on any atom is -0.387 e. The SMILES string of the molecule is C=C[C@@H](O)C1CCCN1. The molecule has 0 aromatic carbocycles. The molecule has 1 rings (SSSR count). The van der Waals surface area contributed by atoms with Crippen LogP contribution in [0.2, 0.25) is 0 Å². The molecule has 2 heteroatoms. The smallest absolute Gasteiger partial charge is 0.0871 e. The van der Waals surface area contributed by atoms with Gasteiger partial charge in [0.05, 0.1) is 6.10 Å². The molecule has 1 fully saturated rings. The maximum atomic E-state index is 9.18. The van der Waals surface area contributed by atoms with E-state index < -0.39 is 0 Å². The molecule has 0 radical (unpaired) electrons. The molecule has 1 heterocycles. The van der Waals surface area contributed by atoms with E-state index in [1.54, 1.807) is 6.08 Å². The number of nitrogens with one attached hydrogen (secondary N) is 1. The molecule has 1 aliphatic heterocycles. The van der Waals surface area contributed by atoms with Crippen molar-refractivity contribution in [3.05, 3.63) is 12.7 Å². The molecule has 1 aliphatic rings. The van der Waals surface area contributed by atoms with Gasteiger partial charge in [0, 0.05) is 6.04 Å². The van der Waals surface area contributed by atoms with E-state index in [0.717, 1.165) is 13.0 Å². The van der Waals surface area contributed by atoms with Crippen molar-refractivity contribution in [3.63, 3.8) is 0 Å². The summed E-state index contributed by atoms with van der Waals surface area (Å²) in [6, 6.07) is 0.266. The van der Waals surface area contributed by atoms with Crippen molar-refractivity contribution in [2.24, 2.45) is 0 Å². The summed E-state index contributed by atoms with van der Waals surface area (Å²) in [5.74, 6) is 0. The standard InChI is InChI=1S/C7H13NO/c1-2-7(9)6-4-3-5-8-6/h2,6-9H,1,3-5H2/t6?,7-/m1/s1. The minimum absolute atomic E-state index is 0.266. The molecule has 0 bridgehead atoms. The Labute approximate surface area is 55.6 Å². The molecule has 0 aromatic heterocycles. The summed E-state index contributed by atoms with van der Waals surface area (Å²) in [6.07, 6.45) is 3.48. The fourth-order valence-corrected chi connectivity index (χ4v) is 1.17. The van der Waals surface area contributed by atoms with Gasteiger partial charge >= 0.3 is 0 Å². The molecule has 0 saturated carbocycles. The number of aliphatic hydroxyl groups is 1. The second-order valence-electron chi connectivity index (χ2n) is 2.43. The van der Waals surface area contributed by atoms with E-state index in [2.05, 4.69) is 11.9 Å². The Hall–Kier alpha value is -0.340. The van der Waals surface area contributed by atoms with Gasteiger partial charge < -0.3 is 10.4 Å². The molecule has 1 unspecified atom stereocenters. The van der Waals surface area contributed by atoms with Crippen molar-refractivity contribution in [1.82, 2.24) is 5.32 Å². The van der Waals surface area contributed by atoms with Crippen LogP contribution >= 0.6 is 0 Å². The summed E-state index contributed by atoms with van der Waals surface area (Å²) in [5.41, 5.74) is 0.